The zero-order valence-corrected chi connectivity index (χ0v) is 9.44. The summed E-state index contributed by atoms with van der Waals surface area (Å²) in [6.07, 6.45) is 6.24. The predicted octanol–water partition coefficient (Wildman–Crippen LogP) is 2.58. The van der Waals surface area contributed by atoms with E-state index in [1.54, 1.807) is 7.11 Å². The van der Waals surface area contributed by atoms with Gasteiger partial charge in [0.1, 0.15) is 0 Å². The van der Waals surface area contributed by atoms with E-state index < -0.39 is 0 Å². The predicted molar refractivity (Wildman–Crippen MR) is 58.1 cm³/mol. The molecule has 0 heterocycles. The summed E-state index contributed by atoms with van der Waals surface area (Å²) in [6.45, 7) is 6.53. The van der Waals surface area contributed by atoms with Crippen molar-refractivity contribution in [2.45, 2.75) is 52.0 Å². The van der Waals surface area contributed by atoms with Gasteiger partial charge in [0.25, 0.3) is 0 Å². The van der Waals surface area contributed by atoms with Gasteiger partial charge in [-0.15, -0.1) is 0 Å². The van der Waals surface area contributed by atoms with Gasteiger partial charge >= 0.3 is 0 Å². The fraction of sp³-hybridized carbons (Fsp3) is 1.00. The normalized spacial score (nSPS) is 13.2. The van der Waals surface area contributed by atoms with Crippen LogP contribution in [0.1, 0.15) is 46.0 Å². The van der Waals surface area contributed by atoms with Gasteiger partial charge in [-0.3, -0.25) is 0 Å². The third kappa shape index (κ3) is 8.26. The van der Waals surface area contributed by atoms with Crippen LogP contribution in [0.25, 0.3) is 0 Å². The molecule has 0 amide bonds. The number of hydrogen-bond donors (Lipinski definition) is 1. The molecule has 0 aromatic heterocycles. The molecule has 0 saturated carbocycles. The Labute approximate surface area is 83.1 Å². The molecule has 0 aliphatic carbocycles. The molecule has 0 aromatic rings. The standard InChI is InChI=1S/C11H25NO/c1-4-8-11(5-2)12-9-6-7-10-13-3/h11-12H,4-10H2,1-3H3. The van der Waals surface area contributed by atoms with Crippen LogP contribution in [0, 0.1) is 0 Å². The fourth-order valence-corrected chi connectivity index (χ4v) is 1.48. The summed E-state index contributed by atoms with van der Waals surface area (Å²) in [7, 11) is 1.76. The molecule has 0 saturated heterocycles. The highest BCUT2D eigenvalue weighted by Crippen LogP contribution is 2.00. The minimum atomic E-state index is 0.729. The summed E-state index contributed by atoms with van der Waals surface area (Å²) >= 11 is 0. The lowest BCUT2D eigenvalue weighted by atomic mass is 10.1. The van der Waals surface area contributed by atoms with Gasteiger partial charge in [0.2, 0.25) is 0 Å². The van der Waals surface area contributed by atoms with E-state index in [0.717, 1.165) is 19.2 Å². The second-order valence-corrected chi connectivity index (χ2v) is 3.55. The average molecular weight is 187 g/mol. The van der Waals surface area contributed by atoms with E-state index in [4.69, 9.17) is 4.74 Å². The smallest absolute Gasteiger partial charge is 0.0462 e. The van der Waals surface area contributed by atoms with Gasteiger partial charge in [0.05, 0.1) is 0 Å². The molecule has 80 valence electrons. The molecular weight excluding hydrogens is 162 g/mol. The zero-order valence-electron chi connectivity index (χ0n) is 9.44. The van der Waals surface area contributed by atoms with Crippen LogP contribution in [0.2, 0.25) is 0 Å². The van der Waals surface area contributed by atoms with Crippen molar-refractivity contribution in [3.05, 3.63) is 0 Å². The van der Waals surface area contributed by atoms with Crippen molar-refractivity contribution in [2.75, 3.05) is 20.3 Å². The second-order valence-electron chi connectivity index (χ2n) is 3.55. The summed E-state index contributed by atoms with van der Waals surface area (Å²) in [5.74, 6) is 0. The minimum Gasteiger partial charge on any atom is -0.385 e. The first-order chi connectivity index (χ1) is 6.35. The van der Waals surface area contributed by atoms with Gasteiger partial charge in [-0.2, -0.15) is 0 Å². The van der Waals surface area contributed by atoms with Crippen LogP contribution < -0.4 is 5.32 Å². The quantitative estimate of drug-likeness (QED) is 0.560. The summed E-state index contributed by atoms with van der Waals surface area (Å²) in [6, 6.07) is 0.729. The maximum absolute atomic E-state index is 4.99. The van der Waals surface area contributed by atoms with Gasteiger partial charge < -0.3 is 10.1 Å². The van der Waals surface area contributed by atoms with Gasteiger partial charge in [-0.05, 0) is 32.2 Å². The first kappa shape index (κ1) is 12.9. The molecule has 0 spiro atoms. The van der Waals surface area contributed by atoms with Gasteiger partial charge in [0, 0.05) is 19.8 Å². The van der Waals surface area contributed by atoms with E-state index in [1.165, 1.54) is 32.1 Å². The van der Waals surface area contributed by atoms with Crippen LogP contribution in [0.5, 0.6) is 0 Å². The third-order valence-corrected chi connectivity index (χ3v) is 2.34. The van der Waals surface area contributed by atoms with E-state index in [9.17, 15) is 0 Å². The van der Waals surface area contributed by atoms with Crippen LogP contribution in [0.3, 0.4) is 0 Å². The lowest BCUT2D eigenvalue weighted by molar-refractivity contribution is 0.192. The number of rotatable bonds is 9. The maximum atomic E-state index is 4.99. The number of nitrogens with one attached hydrogen (secondary N) is 1. The molecule has 2 heteroatoms. The van der Waals surface area contributed by atoms with Crippen molar-refractivity contribution < 1.29 is 4.74 Å². The first-order valence-electron chi connectivity index (χ1n) is 5.57. The molecule has 1 unspecified atom stereocenters. The average Bonchev–Trinajstić information content (AvgIpc) is 2.16. The minimum absolute atomic E-state index is 0.729. The van der Waals surface area contributed by atoms with E-state index >= 15 is 0 Å². The number of unbranched alkanes of at least 4 members (excludes halogenated alkanes) is 1. The summed E-state index contributed by atoms with van der Waals surface area (Å²) in [5, 5.41) is 3.57. The van der Waals surface area contributed by atoms with Crippen LogP contribution in [-0.2, 0) is 4.74 Å². The monoisotopic (exact) mass is 187 g/mol. The topological polar surface area (TPSA) is 21.3 Å². The van der Waals surface area contributed by atoms with Crippen LogP contribution >= 0.6 is 0 Å². The number of ether oxygens (including phenoxy) is 1. The molecule has 0 aromatic carbocycles. The molecule has 0 rings (SSSR count). The van der Waals surface area contributed by atoms with Crippen molar-refractivity contribution in [3.8, 4) is 0 Å². The van der Waals surface area contributed by atoms with Gasteiger partial charge in [-0.25, -0.2) is 0 Å². The highest BCUT2D eigenvalue weighted by molar-refractivity contribution is 4.63. The Hall–Kier alpha value is -0.0800. The largest absolute Gasteiger partial charge is 0.385 e. The zero-order chi connectivity index (χ0) is 9.94. The third-order valence-electron chi connectivity index (χ3n) is 2.34. The van der Waals surface area contributed by atoms with E-state index in [2.05, 4.69) is 19.2 Å². The molecule has 0 radical (unpaired) electrons. The Morgan fingerprint density at radius 1 is 1.23 bits per heavy atom. The fourth-order valence-electron chi connectivity index (χ4n) is 1.48. The highest BCUT2D eigenvalue weighted by Gasteiger charge is 2.02. The van der Waals surface area contributed by atoms with Crippen LogP contribution in [0.4, 0.5) is 0 Å². The molecule has 1 N–H and O–H groups in total. The summed E-state index contributed by atoms with van der Waals surface area (Å²) in [5.41, 5.74) is 0. The van der Waals surface area contributed by atoms with Crippen LogP contribution in [-0.4, -0.2) is 26.3 Å². The SMILES string of the molecule is CCCC(CC)NCCCCOC. The van der Waals surface area contributed by atoms with Crippen molar-refractivity contribution in [2.24, 2.45) is 0 Å². The Morgan fingerprint density at radius 3 is 2.54 bits per heavy atom. The summed E-state index contributed by atoms with van der Waals surface area (Å²) in [4.78, 5) is 0. The lowest BCUT2D eigenvalue weighted by Gasteiger charge is -2.15. The van der Waals surface area contributed by atoms with Crippen molar-refractivity contribution in [3.63, 3.8) is 0 Å². The second kappa shape index (κ2) is 10.0. The molecular formula is C11H25NO. The molecule has 13 heavy (non-hydrogen) atoms. The number of hydrogen-bond acceptors (Lipinski definition) is 2. The molecule has 0 fully saturated rings. The molecule has 0 aliphatic rings. The summed E-state index contributed by atoms with van der Waals surface area (Å²) < 4.78 is 4.99. The lowest BCUT2D eigenvalue weighted by Crippen LogP contribution is -2.29. The van der Waals surface area contributed by atoms with E-state index in [1.807, 2.05) is 0 Å². The molecule has 2 nitrogen and oxygen atoms in total. The Kier molecular flexibility index (Phi) is 9.94. The molecule has 0 bridgehead atoms. The number of methoxy groups -OCH3 is 1. The van der Waals surface area contributed by atoms with Crippen molar-refractivity contribution >= 4 is 0 Å². The molecule has 0 aliphatic heterocycles. The van der Waals surface area contributed by atoms with Crippen molar-refractivity contribution in [1.82, 2.24) is 5.32 Å². The molecule has 1 atom stereocenters. The highest BCUT2D eigenvalue weighted by atomic mass is 16.5. The Morgan fingerprint density at radius 2 is 2.00 bits per heavy atom. The van der Waals surface area contributed by atoms with E-state index in [0.29, 0.717) is 0 Å². The van der Waals surface area contributed by atoms with Gasteiger partial charge in [-0.1, -0.05) is 20.3 Å². The maximum Gasteiger partial charge on any atom is 0.0462 e. The van der Waals surface area contributed by atoms with Crippen molar-refractivity contribution in [1.29, 1.82) is 0 Å². The van der Waals surface area contributed by atoms with E-state index in [-0.39, 0.29) is 0 Å². The van der Waals surface area contributed by atoms with Crippen LogP contribution in [0.15, 0.2) is 0 Å². The Balaban J connectivity index is 3.17. The first-order valence-corrected chi connectivity index (χ1v) is 5.57. The Bertz CT molecular complexity index is 96.1. The van der Waals surface area contributed by atoms with Gasteiger partial charge in [0.15, 0.2) is 0 Å².